The monoisotopic (exact) mass is 341 g/mol. The number of hydrogen-bond donors (Lipinski definition) is 2. The molecule has 1 heterocycles. The van der Waals surface area contributed by atoms with Crippen LogP contribution in [0.25, 0.3) is 0 Å². The number of carboxylic acids is 1. The molecule has 2 aromatic rings. The fraction of sp³-hybridized carbons (Fsp3) is 0.143. The standard InChI is InChI=1S/C14H12ClNO5S/c15-9-1-3-10(4-2-9)16-13(17)8-22(20)7-11-5-6-12(21-11)14(18)19/h1-6H,7-8H2,(H,16,17)(H,18,19). The Balaban J connectivity index is 1.86. The maximum absolute atomic E-state index is 11.9. The van der Waals surface area contributed by atoms with Crippen LogP contribution in [-0.4, -0.2) is 26.9 Å². The predicted molar refractivity (Wildman–Crippen MR) is 82.5 cm³/mol. The maximum atomic E-state index is 11.9. The van der Waals surface area contributed by atoms with E-state index in [4.69, 9.17) is 21.1 Å². The number of aromatic carboxylic acids is 1. The molecule has 1 unspecified atom stereocenters. The molecule has 0 aliphatic carbocycles. The van der Waals surface area contributed by atoms with Crippen LogP contribution < -0.4 is 5.32 Å². The molecule has 0 saturated carbocycles. The van der Waals surface area contributed by atoms with E-state index in [0.29, 0.717) is 10.7 Å². The molecule has 0 saturated heterocycles. The van der Waals surface area contributed by atoms with Gasteiger partial charge in [0.05, 0.1) is 5.75 Å². The van der Waals surface area contributed by atoms with Crippen molar-refractivity contribution >= 4 is 40.0 Å². The first-order valence-electron chi connectivity index (χ1n) is 6.16. The molecule has 116 valence electrons. The van der Waals surface area contributed by atoms with Gasteiger partial charge < -0.3 is 14.8 Å². The third-order valence-electron chi connectivity index (χ3n) is 2.60. The van der Waals surface area contributed by atoms with Crippen LogP contribution in [0.5, 0.6) is 0 Å². The summed E-state index contributed by atoms with van der Waals surface area (Å²) in [7, 11) is -1.50. The molecular weight excluding hydrogens is 330 g/mol. The number of nitrogens with one attached hydrogen (secondary N) is 1. The molecule has 1 aromatic carbocycles. The van der Waals surface area contributed by atoms with Crippen LogP contribution in [0, 0.1) is 0 Å². The SMILES string of the molecule is O=C(CS(=O)Cc1ccc(C(=O)O)o1)Nc1ccc(Cl)cc1. The molecule has 0 bridgehead atoms. The van der Waals surface area contributed by atoms with Gasteiger partial charge in [-0.3, -0.25) is 9.00 Å². The van der Waals surface area contributed by atoms with E-state index in [9.17, 15) is 13.8 Å². The second-order valence-corrected chi connectivity index (χ2v) is 6.25. The topological polar surface area (TPSA) is 96.6 Å². The van der Waals surface area contributed by atoms with Crippen LogP contribution in [0.3, 0.4) is 0 Å². The highest BCUT2D eigenvalue weighted by Gasteiger charge is 2.13. The first-order valence-corrected chi connectivity index (χ1v) is 8.03. The molecule has 0 aliphatic heterocycles. The Morgan fingerprint density at radius 2 is 1.86 bits per heavy atom. The number of amides is 1. The van der Waals surface area contributed by atoms with E-state index < -0.39 is 22.7 Å². The highest BCUT2D eigenvalue weighted by molar-refractivity contribution is 7.84. The van der Waals surface area contributed by atoms with Crippen molar-refractivity contribution < 1.29 is 23.3 Å². The molecule has 0 spiro atoms. The first-order chi connectivity index (χ1) is 10.4. The van der Waals surface area contributed by atoms with E-state index in [2.05, 4.69) is 5.32 Å². The van der Waals surface area contributed by atoms with Crippen LogP contribution in [0.15, 0.2) is 40.8 Å². The van der Waals surface area contributed by atoms with E-state index >= 15 is 0 Å². The van der Waals surface area contributed by atoms with Gasteiger partial charge in [-0.1, -0.05) is 11.6 Å². The number of halogens is 1. The quantitative estimate of drug-likeness (QED) is 0.841. The molecule has 1 atom stereocenters. The number of carbonyl (C=O) groups is 2. The fourth-order valence-corrected chi connectivity index (χ4v) is 2.72. The zero-order valence-electron chi connectivity index (χ0n) is 11.2. The molecule has 0 radical (unpaired) electrons. The average Bonchev–Trinajstić information content (AvgIpc) is 2.89. The molecular formula is C14H12ClNO5S. The summed E-state index contributed by atoms with van der Waals surface area (Å²) in [5.74, 6) is -1.82. The van der Waals surface area contributed by atoms with Crippen molar-refractivity contribution in [1.82, 2.24) is 0 Å². The first kappa shape index (κ1) is 16.3. The van der Waals surface area contributed by atoms with Crippen LogP contribution >= 0.6 is 11.6 Å². The fourth-order valence-electron chi connectivity index (χ4n) is 1.66. The van der Waals surface area contributed by atoms with E-state index in [1.807, 2.05) is 0 Å². The lowest BCUT2D eigenvalue weighted by molar-refractivity contribution is -0.113. The number of hydrogen-bond acceptors (Lipinski definition) is 4. The summed E-state index contributed by atoms with van der Waals surface area (Å²) >= 11 is 5.73. The third kappa shape index (κ3) is 4.71. The summed E-state index contributed by atoms with van der Waals surface area (Å²) in [6, 6.07) is 9.24. The molecule has 8 heteroatoms. The summed E-state index contributed by atoms with van der Waals surface area (Å²) in [6.07, 6.45) is 0. The van der Waals surface area contributed by atoms with Gasteiger partial charge in [0.1, 0.15) is 11.5 Å². The van der Waals surface area contributed by atoms with Crippen LogP contribution in [0.1, 0.15) is 16.3 Å². The molecule has 1 amide bonds. The maximum Gasteiger partial charge on any atom is 0.371 e. The van der Waals surface area contributed by atoms with E-state index in [1.54, 1.807) is 24.3 Å². The zero-order valence-corrected chi connectivity index (χ0v) is 12.8. The summed E-state index contributed by atoms with van der Waals surface area (Å²) in [4.78, 5) is 22.4. The number of anilines is 1. The van der Waals surface area contributed by atoms with Gasteiger partial charge in [0.2, 0.25) is 11.7 Å². The average molecular weight is 342 g/mol. The number of rotatable bonds is 6. The molecule has 2 N–H and O–H groups in total. The minimum atomic E-state index is -1.50. The normalized spacial score (nSPS) is 11.9. The number of furan rings is 1. The summed E-state index contributed by atoms with van der Waals surface area (Å²) in [6.45, 7) is 0. The Kier molecular flexibility index (Phi) is 5.35. The lowest BCUT2D eigenvalue weighted by Gasteiger charge is -2.04. The third-order valence-corrected chi connectivity index (χ3v) is 4.04. The van der Waals surface area contributed by atoms with Crippen molar-refractivity contribution in [2.75, 3.05) is 11.1 Å². The number of benzene rings is 1. The van der Waals surface area contributed by atoms with Gasteiger partial charge in [0.15, 0.2) is 0 Å². The van der Waals surface area contributed by atoms with Gasteiger partial charge in [0.25, 0.3) is 0 Å². The number of carbonyl (C=O) groups excluding carboxylic acids is 1. The van der Waals surface area contributed by atoms with Crippen molar-refractivity contribution in [3.8, 4) is 0 Å². The Bertz CT molecular complexity index is 710. The molecule has 6 nitrogen and oxygen atoms in total. The largest absolute Gasteiger partial charge is 0.475 e. The van der Waals surface area contributed by atoms with Crippen molar-refractivity contribution in [3.63, 3.8) is 0 Å². The molecule has 1 aromatic heterocycles. The van der Waals surface area contributed by atoms with E-state index in [-0.39, 0.29) is 23.0 Å². The van der Waals surface area contributed by atoms with Gasteiger partial charge in [-0.15, -0.1) is 0 Å². The minimum Gasteiger partial charge on any atom is -0.475 e. The van der Waals surface area contributed by atoms with Gasteiger partial charge in [-0.25, -0.2) is 4.79 Å². The highest BCUT2D eigenvalue weighted by Crippen LogP contribution is 2.14. The van der Waals surface area contributed by atoms with Crippen molar-refractivity contribution in [3.05, 3.63) is 52.9 Å². The lowest BCUT2D eigenvalue weighted by Crippen LogP contribution is -2.20. The Morgan fingerprint density at radius 1 is 1.18 bits per heavy atom. The van der Waals surface area contributed by atoms with Crippen molar-refractivity contribution in [2.24, 2.45) is 0 Å². The second kappa shape index (κ2) is 7.24. The van der Waals surface area contributed by atoms with Crippen molar-refractivity contribution in [1.29, 1.82) is 0 Å². The van der Waals surface area contributed by atoms with Gasteiger partial charge in [0, 0.05) is 21.5 Å². The van der Waals surface area contributed by atoms with Gasteiger partial charge in [-0.2, -0.15) is 0 Å². The Morgan fingerprint density at radius 3 is 2.45 bits per heavy atom. The van der Waals surface area contributed by atoms with Crippen LogP contribution in [0.2, 0.25) is 5.02 Å². The molecule has 0 fully saturated rings. The molecule has 22 heavy (non-hydrogen) atoms. The second-order valence-electron chi connectivity index (χ2n) is 4.35. The lowest BCUT2D eigenvalue weighted by atomic mass is 10.3. The Labute approximate surface area is 133 Å². The van der Waals surface area contributed by atoms with Gasteiger partial charge >= 0.3 is 5.97 Å². The summed E-state index contributed by atoms with van der Waals surface area (Å²) in [5.41, 5.74) is 0.553. The highest BCUT2D eigenvalue weighted by atomic mass is 35.5. The smallest absolute Gasteiger partial charge is 0.371 e. The van der Waals surface area contributed by atoms with E-state index in [0.717, 1.165) is 0 Å². The van der Waals surface area contributed by atoms with Crippen LogP contribution in [0.4, 0.5) is 5.69 Å². The zero-order chi connectivity index (χ0) is 16.1. The minimum absolute atomic E-state index is 0.0265. The predicted octanol–water partition coefficient (Wildman–Crippen LogP) is 2.52. The summed E-state index contributed by atoms with van der Waals surface area (Å²) in [5, 5.41) is 11.9. The summed E-state index contributed by atoms with van der Waals surface area (Å²) < 4.78 is 16.9. The number of carboxylic acid groups (broad SMARTS) is 1. The molecule has 2 rings (SSSR count). The molecule has 0 aliphatic rings. The van der Waals surface area contributed by atoms with E-state index in [1.165, 1.54) is 12.1 Å². The van der Waals surface area contributed by atoms with Crippen molar-refractivity contribution in [2.45, 2.75) is 5.75 Å². The Hall–Kier alpha value is -2.12. The van der Waals surface area contributed by atoms with Gasteiger partial charge in [-0.05, 0) is 36.4 Å². The van der Waals surface area contributed by atoms with Crippen LogP contribution in [-0.2, 0) is 21.3 Å².